The number of fused-ring (bicyclic) bond motifs is 1. The van der Waals surface area contributed by atoms with E-state index in [0.29, 0.717) is 17.3 Å². The van der Waals surface area contributed by atoms with E-state index in [1.54, 1.807) is 0 Å². The summed E-state index contributed by atoms with van der Waals surface area (Å²) < 4.78 is 2.19. The molecule has 7 nitrogen and oxygen atoms in total. The van der Waals surface area contributed by atoms with Crippen LogP contribution in [0.1, 0.15) is 54.7 Å². The molecule has 0 saturated carbocycles. The summed E-state index contributed by atoms with van der Waals surface area (Å²) in [6.45, 7) is 8.80. The number of aromatic nitrogens is 5. The second-order valence-electron chi connectivity index (χ2n) is 6.37. The third kappa shape index (κ3) is 2.77. The second kappa shape index (κ2) is 5.95. The van der Waals surface area contributed by atoms with Crippen LogP contribution in [0.25, 0.3) is 0 Å². The molecular weight excluding hydrogens is 290 g/mol. The smallest absolute Gasteiger partial charge is 0.167 e. The molecule has 0 fully saturated rings. The molecule has 3 rings (SSSR count). The average Bonchev–Trinajstić information content (AvgIpc) is 2.94. The van der Waals surface area contributed by atoms with Gasteiger partial charge < -0.3 is 9.88 Å². The Morgan fingerprint density at radius 3 is 2.70 bits per heavy atom. The summed E-state index contributed by atoms with van der Waals surface area (Å²) in [6, 6.07) is 2.44. The largest absolute Gasteiger partial charge is 0.363 e. The molecule has 0 spiro atoms. The molecule has 3 heterocycles. The fraction of sp³-hybridized carbons (Fsp3) is 0.562. The third-order valence-electron chi connectivity index (χ3n) is 4.40. The molecule has 0 radical (unpaired) electrons. The Morgan fingerprint density at radius 1 is 1.22 bits per heavy atom. The van der Waals surface area contributed by atoms with Gasteiger partial charge in [0.05, 0.1) is 5.69 Å². The van der Waals surface area contributed by atoms with Crippen LogP contribution in [0.5, 0.6) is 0 Å². The van der Waals surface area contributed by atoms with Crippen LogP contribution in [0.4, 0.5) is 5.82 Å². The Kier molecular flexibility index (Phi) is 3.99. The van der Waals surface area contributed by atoms with E-state index in [2.05, 4.69) is 50.2 Å². The average molecular weight is 311 g/mol. The van der Waals surface area contributed by atoms with Gasteiger partial charge in [0, 0.05) is 24.9 Å². The molecule has 0 aliphatic carbocycles. The predicted molar refractivity (Wildman–Crippen MR) is 86.1 cm³/mol. The molecule has 0 unspecified atom stereocenters. The van der Waals surface area contributed by atoms with Crippen LogP contribution < -0.4 is 5.32 Å². The molecule has 2 aromatic rings. The van der Waals surface area contributed by atoms with Gasteiger partial charge in [0.2, 0.25) is 0 Å². The number of hydrogen-bond acceptors (Lipinski definition) is 6. The van der Waals surface area contributed by atoms with Crippen LogP contribution >= 0.6 is 0 Å². The molecule has 7 heteroatoms. The van der Waals surface area contributed by atoms with E-state index in [1.807, 2.05) is 13.8 Å². The molecule has 0 aromatic carbocycles. The van der Waals surface area contributed by atoms with Crippen molar-refractivity contribution < 1.29 is 0 Å². The van der Waals surface area contributed by atoms with Gasteiger partial charge >= 0.3 is 0 Å². The highest BCUT2D eigenvalue weighted by Gasteiger charge is 2.25. The fourth-order valence-corrected chi connectivity index (χ4v) is 2.93. The van der Waals surface area contributed by atoms with Gasteiger partial charge in [0.15, 0.2) is 5.82 Å². The molecule has 0 saturated heterocycles. The maximum Gasteiger partial charge on any atom is 0.167 e. The lowest BCUT2D eigenvalue weighted by Crippen LogP contribution is -2.33. The highest BCUT2D eigenvalue weighted by Crippen LogP contribution is 2.24. The van der Waals surface area contributed by atoms with E-state index in [0.717, 1.165) is 42.3 Å². The van der Waals surface area contributed by atoms with E-state index in [9.17, 15) is 5.26 Å². The van der Waals surface area contributed by atoms with E-state index >= 15 is 0 Å². The van der Waals surface area contributed by atoms with Crippen molar-refractivity contribution in [3.63, 3.8) is 0 Å². The Hall–Kier alpha value is -2.49. The third-order valence-corrected chi connectivity index (χ3v) is 4.40. The van der Waals surface area contributed by atoms with Gasteiger partial charge in [-0.3, -0.25) is 0 Å². The quantitative estimate of drug-likeness (QED) is 0.933. The summed E-state index contributed by atoms with van der Waals surface area (Å²) in [4.78, 5) is 0. The van der Waals surface area contributed by atoms with Crippen molar-refractivity contribution in [2.45, 2.75) is 59.0 Å². The molecule has 0 amide bonds. The van der Waals surface area contributed by atoms with Crippen molar-refractivity contribution >= 4 is 5.82 Å². The SMILES string of the molecule is Cc1nnc(N[C@H]2CCc3nnc(C(C)C)n3C2)c(C#N)c1C. The summed E-state index contributed by atoms with van der Waals surface area (Å²) in [5.74, 6) is 2.96. The molecule has 1 N–H and O–H groups in total. The molecule has 120 valence electrons. The van der Waals surface area contributed by atoms with Crippen molar-refractivity contribution in [2.75, 3.05) is 5.32 Å². The van der Waals surface area contributed by atoms with Gasteiger partial charge in [-0.25, -0.2) is 0 Å². The van der Waals surface area contributed by atoms with Crippen LogP contribution in [0.3, 0.4) is 0 Å². The zero-order valence-electron chi connectivity index (χ0n) is 14.0. The maximum absolute atomic E-state index is 9.41. The van der Waals surface area contributed by atoms with Crippen molar-refractivity contribution in [3.8, 4) is 6.07 Å². The predicted octanol–water partition coefficient (Wildman–Crippen LogP) is 2.11. The topological polar surface area (TPSA) is 92.3 Å². The summed E-state index contributed by atoms with van der Waals surface area (Å²) in [5, 5.41) is 29.7. The van der Waals surface area contributed by atoms with Crippen molar-refractivity contribution in [2.24, 2.45) is 0 Å². The first-order valence-corrected chi connectivity index (χ1v) is 7.93. The summed E-state index contributed by atoms with van der Waals surface area (Å²) in [6.07, 6.45) is 1.81. The minimum absolute atomic E-state index is 0.194. The minimum Gasteiger partial charge on any atom is -0.363 e. The first-order valence-electron chi connectivity index (χ1n) is 7.93. The van der Waals surface area contributed by atoms with Crippen LogP contribution in [0, 0.1) is 25.2 Å². The Morgan fingerprint density at radius 2 is 2.00 bits per heavy atom. The summed E-state index contributed by atoms with van der Waals surface area (Å²) in [5.41, 5.74) is 2.25. The monoisotopic (exact) mass is 311 g/mol. The Balaban J connectivity index is 1.85. The molecule has 0 bridgehead atoms. The lowest BCUT2D eigenvalue weighted by Gasteiger charge is -2.26. The maximum atomic E-state index is 9.41. The molecular formula is C16H21N7. The highest BCUT2D eigenvalue weighted by molar-refractivity contribution is 5.56. The van der Waals surface area contributed by atoms with Gasteiger partial charge in [-0.05, 0) is 25.8 Å². The number of hydrogen-bond donors (Lipinski definition) is 1. The number of anilines is 1. The van der Waals surface area contributed by atoms with E-state index < -0.39 is 0 Å². The van der Waals surface area contributed by atoms with Crippen molar-refractivity contribution in [1.29, 1.82) is 5.26 Å². The van der Waals surface area contributed by atoms with Crippen LogP contribution in [0.15, 0.2) is 0 Å². The standard InChI is InChI=1S/C16H21N7/c1-9(2)16-22-20-14-6-5-12(8-23(14)16)18-15-13(7-17)10(3)11(4)19-21-15/h9,12H,5-6,8H2,1-4H3,(H,18,21)/t12-/m0/s1. The first-order chi connectivity index (χ1) is 11.0. The zero-order valence-corrected chi connectivity index (χ0v) is 14.0. The Bertz CT molecular complexity index is 769. The fourth-order valence-electron chi connectivity index (χ4n) is 2.93. The highest BCUT2D eigenvalue weighted by atomic mass is 15.3. The number of rotatable bonds is 3. The lowest BCUT2D eigenvalue weighted by atomic mass is 10.0. The number of nitrogens with one attached hydrogen (secondary N) is 1. The van der Waals surface area contributed by atoms with Gasteiger partial charge in [0.25, 0.3) is 0 Å². The second-order valence-corrected chi connectivity index (χ2v) is 6.37. The summed E-state index contributed by atoms with van der Waals surface area (Å²) in [7, 11) is 0. The van der Waals surface area contributed by atoms with Crippen LogP contribution in [0.2, 0.25) is 0 Å². The van der Waals surface area contributed by atoms with Gasteiger partial charge in [-0.2, -0.15) is 10.4 Å². The molecule has 1 aliphatic rings. The molecule has 23 heavy (non-hydrogen) atoms. The van der Waals surface area contributed by atoms with Crippen LogP contribution in [-0.4, -0.2) is 31.0 Å². The zero-order chi connectivity index (χ0) is 16.6. The minimum atomic E-state index is 0.194. The van der Waals surface area contributed by atoms with Crippen molar-refractivity contribution in [1.82, 2.24) is 25.0 Å². The van der Waals surface area contributed by atoms with Gasteiger partial charge in [0.1, 0.15) is 23.3 Å². The van der Waals surface area contributed by atoms with Crippen LogP contribution in [-0.2, 0) is 13.0 Å². The lowest BCUT2D eigenvalue weighted by molar-refractivity contribution is 0.458. The van der Waals surface area contributed by atoms with E-state index in [1.165, 1.54) is 0 Å². The normalized spacial score (nSPS) is 17.0. The first kappa shape index (κ1) is 15.4. The van der Waals surface area contributed by atoms with Gasteiger partial charge in [-0.15, -0.1) is 15.3 Å². The molecule has 2 aromatic heterocycles. The van der Waals surface area contributed by atoms with E-state index in [-0.39, 0.29) is 6.04 Å². The molecule has 1 aliphatic heterocycles. The number of nitrogens with zero attached hydrogens (tertiary/aromatic N) is 6. The van der Waals surface area contributed by atoms with E-state index in [4.69, 9.17) is 0 Å². The molecule has 1 atom stereocenters. The summed E-state index contributed by atoms with van der Waals surface area (Å²) >= 11 is 0. The number of aryl methyl sites for hydroxylation is 2. The number of nitriles is 1. The van der Waals surface area contributed by atoms with Crippen molar-refractivity contribution in [3.05, 3.63) is 28.5 Å². The van der Waals surface area contributed by atoms with Gasteiger partial charge in [-0.1, -0.05) is 13.8 Å². The Labute approximate surface area is 135 Å².